The predicted molar refractivity (Wildman–Crippen MR) is 42.9 cm³/mol. The Kier molecular flexibility index (Phi) is 2.60. The minimum atomic E-state index is -0.473. The highest BCUT2D eigenvalue weighted by molar-refractivity contribution is 5.41. The average molecular weight is 152 g/mol. The standard InChI is InChI=1S/C8H9FN2/c1-2-4-10-7-3-5-11-8(9)6-7/h2-3,5-6H,1,4H2,(H,10,11). The Hall–Kier alpha value is -1.38. The quantitative estimate of drug-likeness (QED) is 0.528. The molecule has 0 amide bonds. The zero-order valence-electron chi connectivity index (χ0n) is 6.05. The normalized spacial score (nSPS) is 9.18. The van der Waals surface area contributed by atoms with E-state index < -0.39 is 5.95 Å². The summed E-state index contributed by atoms with van der Waals surface area (Å²) in [6.07, 6.45) is 3.12. The van der Waals surface area contributed by atoms with Gasteiger partial charge in [-0.05, 0) is 6.07 Å². The molecule has 1 aromatic rings. The van der Waals surface area contributed by atoms with Crippen molar-refractivity contribution in [2.45, 2.75) is 0 Å². The van der Waals surface area contributed by atoms with Crippen LogP contribution in [0.3, 0.4) is 0 Å². The summed E-state index contributed by atoms with van der Waals surface area (Å²) in [5.41, 5.74) is 0.720. The van der Waals surface area contributed by atoms with E-state index in [1.54, 1.807) is 12.1 Å². The van der Waals surface area contributed by atoms with Crippen LogP contribution in [0, 0.1) is 5.95 Å². The molecule has 1 N–H and O–H groups in total. The zero-order chi connectivity index (χ0) is 8.10. The lowest BCUT2D eigenvalue weighted by molar-refractivity contribution is 0.584. The molecular formula is C8H9FN2. The Morgan fingerprint density at radius 3 is 3.18 bits per heavy atom. The summed E-state index contributed by atoms with van der Waals surface area (Å²) in [6, 6.07) is 3.04. The number of anilines is 1. The van der Waals surface area contributed by atoms with Gasteiger partial charge in [0.2, 0.25) is 5.95 Å². The lowest BCUT2D eigenvalue weighted by Gasteiger charge is -2.00. The topological polar surface area (TPSA) is 24.9 Å². The SMILES string of the molecule is C=CCNc1ccnc(F)c1. The summed E-state index contributed by atoms with van der Waals surface area (Å²) >= 11 is 0. The van der Waals surface area contributed by atoms with E-state index in [4.69, 9.17) is 0 Å². The highest BCUT2D eigenvalue weighted by Gasteiger charge is 1.91. The molecule has 1 aromatic heterocycles. The van der Waals surface area contributed by atoms with E-state index in [1.165, 1.54) is 12.3 Å². The van der Waals surface area contributed by atoms with Gasteiger partial charge in [0, 0.05) is 24.5 Å². The van der Waals surface area contributed by atoms with Crippen LogP contribution in [0.5, 0.6) is 0 Å². The summed E-state index contributed by atoms with van der Waals surface area (Å²) in [6.45, 7) is 4.15. The molecule has 0 bridgehead atoms. The highest BCUT2D eigenvalue weighted by atomic mass is 19.1. The van der Waals surface area contributed by atoms with Crippen LogP contribution in [0.2, 0.25) is 0 Å². The van der Waals surface area contributed by atoms with Crippen LogP contribution in [0.15, 0.2) is 31.0 Å². The van der Waals surface area contributed by atoms with Crippen molar-refractivity contribution in [1.29, 1.82) is 0 Å². The lowest BCUT2D eigenvalue weighted by atomic mass is 10.4. The van der Waals surface area contributed by atoms with Crippen molar-refractivity contribution >= 4 is 5.69 Å². The second-order valence-electron chi connectivity index (χ2n) is 2.04. The molecule has 0 aliphatic carbocycles. The first-order chi connectivity index (χ1) is 5.33. The first-order valence-corrected chi connectivity index (χ1v) is 3.29. The first kappa shape index (κ1) is 7.72. The molecule has 0 aliphatic rings. The largest absolute Gasteiger partial charge is 0.381 e. The summed E-state index contributed by atoms with van der Waals surface area (Å²) in [5.74, 6) is -0.473. The molecular weight excluding hydrogens is 143 g/mol. The van der Waals surface area contributed by atoms with Gasteiger partial charge in [0.05, 0.1) is 0 Å². The number of rotatable bonds is 3. The van der Waals surface area contributed by atoms with Gasteiger partial charge in [0.15, 0.2) is 0 Å². The fraction of sp³-hybridized carbons (Fsp3) is 0.125. The molecule has 0 saturated heterocycles. The van der Waals surface area contributed by atoms with E-state index >= 15 is 0 Å². The van der Waals surface area contributed by atoms with Crippen molar-refractivity contribution in [3.8, 4) is 0 Å². The molecule has 0 aliphatic heterocycles. The van der Waals surface area contributed by atoms with Crippen LogP contribution in [0.1, 0.15) is 0 Å². The zero-order valence-corrected chi connectivity index (χ0v) is 6.05. The van der Waals surface area contributed by atoms with Gasteiger partial charge >= 0.3 is 0 Å². The van der Waals surface area contributed by atoms with Gasteiger partial charge in [-0.15, -0.1) is 6.58 Å². The Morgan fingerprint density at radius 1 is 1.73 bits per heavy atom. The number of hydrogen-bond donors (Lipinski definition) is 1. The van der Waals surface area contributed by atoms with Crippen molar-refractivity contribution < 1.29 is 4.39 Å². The van der Waals surface area contributed by atoms with E-state index in [2.05, 4.69) is 16.9 Å². The minimum absolute atomic E-state index is 0.473. The molecule has 0 radical (unpaired) electrons. The van der Waals surface area contributed by atoms with E-state index in [0.29, 0.717) is 6.54 Å². The fourth-order valence-electron chi connectivity index (χ4n) is 0.702. The molecule has 58 valence electrons. The third kappa shape index (κ3) is 2.37. The summed E-state index contributed by atoms with van der Waals surface area (Å²) < 4.78 is 12.4. The number of aromatic nitrogens is 1. The monoisotopic (exact) mass is 152 g/mol. The van der Waals surface area contributed by atoms with E-state index in [0.717, 1.165) is 5.69 Å². The van der Waals surface area contributed by atoms with Crippen LogP contribution < -0.4 is 5.32 Å². The Bertz CT molecular complexity index is 248. The predicted octanol–water partition coefficient (Wildman–Crippen LogP) is 1.82. The van der Waals surface area contributed by atoms with Gasteiger partial charge in [-0.3, -0.25) is 0 Å². The van der Waals surface area contributed by atoms with E-state index in [9.17, 15) is 4.39 Å². The third-order valence-corrected chi connectivity index (χ3v) is 1.18. The molecule has 1 heterocycles. The second kappa shape index (κ2) is 3.71. The van der Waals surface area contributed by atoms with Crippen molar-refractivity contribution in [3.05, 3.63) is 36.9 Å². The molecule has 0 spiro atoms. The van der Waals surface area contributed by atoms with E-state index in [1.807, 2.05) is 0 Å². The Labute approximate surface area is 64.8 Å². The minimum Gasteiger partial charge on any atom is -0.381 e. The van der Waals surface area contributed by atoms with Crippen molar-refractivity contribution in [3.63, 3.8) is 0 Å². The van der Waals surface area contributed by atoms with Gasteiger partial charge in [-0.1, -0.05) is 6.08 Å². The van der Waals surface area contributed by atoms with Gasteiger partial charge in [-0.2, -0.15) is 4.39 Å². The van der Waals surface area contributed by atoms with Gasteiger partial charge < -0.3 is 5.32 Å². The lowest BCUT2D eigenvalue weighted by Crippen LogP contribution is -1.98. The number of halogens is 1. The summed E-state index contributed by atoms with van der Waals surface area (Å²) in [5, 5.41) is 2.94. The van der Waals surface area contributed by atoms with Crippen LogP contribution in [-0.2, 0) is 0 Å². The maximum absolute atomic E-state index is 12.4. The molecule has 3 heteroatoms. The molecule has 1 rings (SSSR count). The number of nitrogens with zero attached hydrogens (tertiary/aromatic N) is 1. The van der Waals surface area contributed by atoms with Gasteiger partial charge in [-0.25, -0.2) is 4.98 Å². The molecule has 0 aromatic carbocycles. The van der Waals surface area contributed by atoms with Crippen LogP contribution in [-0.4, -0.2) is 11.5 Å². The Balaban J connectivity index is 2.63. The summed E-state index contributed by atoms with van der Waals surface area (Å²) in [7, 11) is 0. The van der Waals surface area contributed by atoms with Crippen molar-refractivity contribution in [1.82, 2.24) is 4.98 Å². The number of nitrogens with one attached hydrogen (secondary N) is 1. The van der Waals surface area contributed by atoms with Crippen LogP contribution >= 0.6 is 0 Å². The molecule has 0 fully saturated rings. The van der Waals surface area contributed by atoms with E-state index in [-0.39, 0.29) is 0 Å². The second-order valence-corrected chi connectivity index (χ2v) is 2.04. The molecule has 11 heavy (non-hydrogen) atoms. The van der Waals surface area contributed by atoms with Crippen LogP contribution in [0.4, 0.5) is 10.1 Å². The maximum atomic E-state index is 12.4. The molecule has 0 unspecified atom stereocenters. The molecule has 0 atom stereocenters. The first-order valence-electron chi connectivity index (χ1n) is 3.29. The smallest absolute Gasteiger partial charge is 0.214 e. The number of pyridine rings is 1. The van der Waals surface area contributed by atoms with Crippen molar-refractivity contribution in [2.75, 3.05) is 11.9 Å². The maximum Gasteiger partial charge on any atom is 0.214 e. The van der Waals surface area contributed by atoms with Crippen molar-refractivity contribution in [2.24, 2.45) is 0 Å². The molecule has 0 saturated carbocycles. The van der Waals surface area contributed by atoms with Gasteiger partial charge in [0.25, 0.3) is 0 Å². The highest BCUT2D eigenvalue weighted by Crippen LogP contribution is 2.05. The van der Waals surface area contributed by atoms with Crippen LogP contribution in [0.25, 0.3) is 0 Å². The average Bonchev–Trinajstić information content (AvgIpc) is 2.01. The third-order valence-electron chi connectivity index (χ3n) is 1.18. The molecule has 2 nitrogen and oxygen atoms in total. The van der Waals surface area contributed by atoms with Gasteiger partial charge in [0.1, 0.15) is 0 Å². The number of hydrogen-bond acceptors (Lipinski definition) is 2. The summed E-state index contributed by atoms with van der Waals surface area (Å²) in [4.78, 5) is 3.42. The fourth-order valence-corrected chi connectivity index (χ4v) is 0.702. The Morgan fingerprint density at radius 2 is 2.55 bits per heavy atom.